The van der Waals surface area contributed by atoms with Crippen LogP contribution in [0.3, 0.4) is 0 Å². The predicted molar refractivity (Wildman–Crippen MR) is 101 cm³/mol. The van der Waals surface area contributed by atoms with Gasteiger partial charge in [-0.3, -0.25) is 4.79 Å². The van der Waals surface area contributed by atoms with Crippen molar-refractivity contribution in [3.8, 4) is 5.75 Å². The third kappa shape index (κ3) is 5.96. The summed E-state index contributed by atoms with van der Waals surface area (Å²) in [4.78, 5) is 14.6. The molecule has 1 aromatic rings. The van der Waals surface area contributed by atoms with E-state index in [0.717, 1.165) is 37.4 Å². The van der Waals surface area contributed by atoms with Crippen LogP contribution in [-0.2, 0) is 4.79 Å². The number of likely N-dealkylation sites (N-methyl/N-ethyl adjacent to an activating group) is 1. The van der Waals surface area contributed by atoms with E-state index in [-0.39, 0.29) is 29.8 Å². The maximum Gasteiger partial charge on any atom is 0.242 e. The second-order valence-electron chi connectivity index (χ2n) is 7.15. The smallest absolute Gasteiger partial charge is 0.242 e. The fourth-order valence-electron chi connectivity index (χ4n) is 2.88. The van der Waals surface area contributed by atoms with E-state index in [4.69, 9.17) is 4.74 Å². The van der Waals surface area contributed by atoms with Crippen molar-refractivity contribution in [1.82, 2.24) is 10.2 Å². The summed E-state index contributed by atoms with van der Waals surface area (Å²) in [5.41, 5.74) is 0.753. The quantitative estimate of drug-likeness (QED) is 0.823. The van der Waals surface area contributed by atoms with Gasteiger partial charge in [0.2, 0.25) is 5.91 Å². The summed E-state index contributed by atoms with van der Waals surface area (Å²) in [7, 11) is 4.03. The molecule has 2 rings (SSSR count). The molecule has 0 bridgehead atoms. The molecule has 24 heavy (non-hydrogen) atoms. The SMILES string of the molecule is CN(C)CCOc1cccc(NC(=O)C2NCCCC2(C)C)c1.Cl. The standard InChI is InChI=1S/C18H29N3O2.ClH/c1-18(2)9-6-10-19-16(18)17(22)20-14-7-5-8-15(13-14)23-12-11-21(3)4;/h5,7-8,13,16,19H,6,9-12H2,1-4H3,(H,20,22);1H. The number of hydrogen-bond acceptors (Lipinski definition) is 4. The van der Waals surface area contributed by atoms with Gasteiger partial charge in [0, 0.05) is 18.3 Å². The lowest BCUT2D eigenvalue weighted by atomic mass is 9.77. The zero-order chi connectivity index (χ0) is 16.9. The minimum absolute atomic E-state index is 0. The van der Waals surface area contributed by atoms with Crippen molar-refractivity contribution in [2.45, 2.75) is 32.7 Å². The van der Waals surface area contributed by atoms with Crippen LogP contribution >= 0.6 is 12.4 Å². The highest BCUT2D eigenvalue weighted by molar-refractivity contribution is 5.95. The van der Waals surface area contributed by atoms with E-state index in [0.29, 0.717) is 6.61 Å². The van der Waals surface area contributed by atoms with Crippen LogP contribution in [0, 0.1) is 5.41 Å². The Hall–Kier alpha value is -1.30. The molecule has 2 N–H and O–H groups in total. The second kappa shape index (κ2) is 9.25. The van der Waals surface area contributed by atoms with Crippen LogP contribution in [0.4, 0.5) is 5.69 Å². The third-order valence-corrected chi connectivity index (χ3v) is 4.30. The van der Waals surface area contributed by atoms with Crippen molar-refractivity contribution in [1.29, 1.82) is 0 Å². The summed E-state index contributed by atoms with van der Waals surface area (Å²) < 4.78 is 5.72. The molecule has 1 heterocycles. The van der Waals surface area contributed by atoms with Crippen molar-refractivity contribution in [2.24, 2.45) is 5.41 Å². The average molecular weight is 356 g/mol. The highest BCUT2D eigenvalue weighted by atomic mass is 35.5. The van der Waals surface area contributed by atoms with E-state index < -0.39 is 0 Å². The lowest BCUT2D eigenvalue weighted by Crippen LogP contribution is -2.53. The highest BCUT2D eigenvalue weighted by Gasteiger charge is 2.37. The van der Waals surface area contributed by atoms with Crippen molar-refractivity contribution < 1.29 is 9.53 Å². The van der Waals surface area contributed by atoms with Gasteiger partial charge in [0.05, 0.1) is 6.04 Å². The maximum absolute atomic E-state index is 12.6. The predicted octanol–water partition coefficient (Wildman–Crippen LogP) is 2.77. The fourth-order valence-corrected chi connectivity index (χ4v) is 2.88. The van der Waals surface area contributed by atoms with Crippen LogP contribution in [0.2, 0.25) is 0 Å². The van der Waals surface area contributed by atoms with Crippen molar-refractivity contribution in [3.05, 3.63) is 24.3 Å². The summed E-state index contributed by atoms with van der Waals surface area (Å²) in [6.45, 7) is 6.67. The number of hydrogen-bond donors (Lipinski definition) is 2. The topological polar surface area (TPSA) is 53.6 Å². The molecule has 1 amide bonds. The van der Waals surface area contributed by atoms with Gasteiger partial charge < -0.3 is 20.3 Å². The number of anilines is 1. The number of halogens is 1. The van der Waals surface area contributed by atoms with Crippen LogP contribution < -0.4 is 15.4 Å². The lowest BCUT2D eigenvalue weighted by molar-refractivity contribution is -0.121. The minimum Gasteiger partial charge on any atom is -0.492 e. The molecule has 0 aromatic heterocycles. The van der Waals surface area contributed by atoms with Gasteiger partial charge >= 0.3 is 0 Å². The first-order chi connectivity index (χ1) is 10.9. The molecule has 0 spiro atoms. The Labute approximate surface area is 151 Å². The van der Waals surface area contributed by atoms with E-state index in [1.165, 1.54) is 0 Å². The molecular formula is C18H30ClN3O2. The number of carbonyl (C=O) groups is 1. The summed E-state index contributed by atoms with van der Waals surface area (Å²) in [6, 6.07) is 7.43. The van der Waals surface area contributed by atoms with Crippen LogP contribution in [0.25, 0.3) is 0 Å². The molecule has 1 fully saturated rings. The molecule has 1 unspecified atom stereocenters. The molecular weight excluding hydrogens is 326 g/mol. The summed E-state index contributed by atoms with van der Waals surface area (Å²) in [5.74, 6) is 0.806. The number of piperidine rings is 1. The van der Waals surface area contributed by atoms with Gasteiger partial charge in [-0.05, 0) is 51.0 Å². The zero-order valence-electron chi connectivity index (χ0n) is 15.1. The summed E-state index contributed by atoms with van der Waals surface area (Å²) in [5, 5.41) is 6.36. The molecule has 136 valence electrons. The molecule has 5 nitrogen and oxygen atoms in total. The highest BCUT2D eigenvalue weighted by Crippen LogP contribution is 2.31. The largest absolute Gasteiger partial charge is 0.492 e. The van der Waals surface area contributed by atoms with Gasteiger partial charge in [0.1, 0.15) is 12.4 Å². The van der Waals surface area contributed by atoms with Gasteiger partial charge in [0.15, 0.2) is 0 Å². The molecule has 6 heteroatoms. The molecule has 1 aliphatic rings. The number of carbonyl (C=O) groups excluding carboxylic acids is 1. The first-order valence-corrected chi connectivity index (χ1v) is 8.30. The van der Waals surface area contributed by atoms with Crippen LogP contribution in [0.5, 0.6) is 5.75 Å². The van der Waals surface area contributed by atoms with Gasteiger partial charge in [-0.1, -0.05) is 19.9 Å². The molecule has 0 radical (unpaired) electrons. The minimum atomic E-state index is -0.158. The molecule has 1 aromatic carbocycles. The van der Waals surface area contributed by atoms with Crippen molar-refractivity contribution in [2.75, 3.05) is 39.1 Å². The van der Waals surface area contributed by atoms with Crippen LogP contribution in [0.15, 0.2) is 24.3 Å². The molecule has 1 aliphatic heterocycles. The fraction of sp³-hybridized carbons (Fsp3) is 0.611. The van der Waals surface area contributed by atoms with E-state index in [2.05, 4.69) is 29.4 Å². The monoisotopic (exact) mass is 355 g/mol. The molecule has 0 aliphatic carbocycles. The number of amides is 1. The van der Waals surface area contributed by atoms with E-state index >= 15 is 0 Å². The number of ether oxygens (including phenoxy) is 1. The third-order valence-electron chi connectivity index (χ3n) is 4.30. The summed E-state index contributed by atoms with van der Waals surface area (Å²) >= 11 is 0. The Morgan fingerprint density at radius 2 is 2.17 bits per heavy atom. The lowest BCUT2D eigenvalue weighted by Gasteiger charge is -2.38. The maximum atomic E-state index is 12.6. The van der Waals surface area contributed by atoms with Gasteiger partial charge in [0.25, 0.3) is 0 Å². The average Bonchev–Trinajstić information content (AvgIpc) is 2.46. The Kier molecular flexibility index (Phi) is 8.00. The van der Waals surface area contributed by atoms with Crippen molar-refractivity contribution >= 4 is 24.0 Å². The van der Waals surface area contributed by atoms with Crippen LogP contribution in [-0.4, -0.2) is 50.6 Å². The number of rotatable bonds is 6. The van der Waals surface area contributed by atoms with Gasteiger partial charge in [-0.15, -0.1) is 12.4 Å². The molecule has 1 atom stereocenters. The first kappa shape index (κ1) is 20.7. The van der Waals surface area contributed by atoms with E-state index in [9.17, 15) is 4.79 Å². The number of benzene rings is 1. The second-order valence-corrected chi connectivity index (χ2v) is 7.15. The Morgan fingerprint density at radius 3 is 2.83 bits per heavy atom. The van der Waals surface area contributed by atoms with Gasteiger partial charge in [-0.2, -0.15) is 0 Å². The van der Waals surface area contributed by atoms with E-state index in [1.807, 2.05) is 38.4 Å². The molecule has 0 saturated carbocycles. The summed E-state index contributed by atoms with van der Waals surface area (Å²) in [6.07, 6.45) is 2.18. The van der Waals surface area contributed by atoms with Crippen LogP contribution in [0.1, 0.15) is 26.7 Å². The zero-order valence-corrected chi connectivity index (χ0v) is 15.9. The number of nitrogens with zero attached hydrogens (tertiary/aromatic N) is 1. The normalized spacial score (nSPS) is 19.5. The Morgan fingerprint density at radius 1 is 1.42 bits per heavy atom. The number of nitrogens with one attached hydrogen (secondary N) is 2. The van der Waals surface area contributed by atoms with Crippen molar-refractivity contribution in [3.63, 3.8) is 0 Å². The van der Waals surface area contributed by atoms with E-state index in [1.54, 1.807) is 0 Å². The first-order valence-electron chi connectivity index (χ1n) is 8.30. The molecule has 1 saturated heterocycles. The Bertz CT molecular complexity index is 535. The Balaban J connectivity index is 0.00000288. The van der Waals surface area contributed by atoms with Gasteiger partial charge in [-0.25, -0.2) is 0 Å².